The van der Waals surface area contributed by atoms with Crippen LogP contribution in [0.1, 0.15) is 237 Å². The van der Waals surface area contributed by atoms with Gasteiger partial charge in [0.05, 0.1) is 29.8 Å². The van der Waals surface area contributed by atoms with Crippen molar-refractivity contribution in [2.24, 2.45) is 82.9 Å². The number of hydrogen-bond acceptors (Lipinski definition) is 5. The fourth-order valence-corrected chi connectivity index (χ4v) is 14.8. The van der Waals surface area contributed by atoms with Crippen molar-refractivity contribution >= 4 is 0 Å². The standard InChI is InChI=1S/C11H14F6O.C10H10F6O.C10H14F6.C9H12F6.2C7H14.3C4H4F6O.2C2H6/c12-10(13,14)9(18,11(15,16)17)5-8-4-6-1-2-7(8)3-6;11-9(12,13)8(10(14,15)16)6-4-1-2-5(3-4)7(6)17-8;1-2-6-3-7(9(11,12)13)5-8(4-6)10(14,15)16;1-5-2-6(8(10,11)12)4-7(3-5)9(13,14)15;2*1-7-5-3-2-4-6-7;3*1-2(11,3(5,6)7)4(8,9)10;2*1-2/h6-8,18H,1-5H2;4-7H,1-3H2;6-8H,2-5H2,1H3;5-7H,2-4H2,1H3;2*7H,2-6H2,1H3;3*11H,1H3;2*1-2H3. The molecule has 0 spiro atoms. The van der Waals surface area contributed by atoms with E-state index in [4.69, 9.17) is 20.4 Å². The second-order valence-electron chi connectivity index (χ2n) is 31.1. The third kappa shape index (κ3) is 32.4. The molecule has 117 heavy (non-hydrogen) atoms. The second kappa shape index (κ2) is 42.7. The van der Waals surface area contributed by atoms with Gasteiger partial charge in [0.1, 0.15) is 0 Å². The van der Waals surface area contributed by atoms with Crippen molar-refractivity contribution in [3.05, 3.63) is 0 Å². The van der Waals surface area contributed by atoms with Crippen molar-refractivity contribution in [3.63, 3.8) is 0 Å². The lowest BCUT2D eigenvalue weighted by Crippen LogP contribution is -2.75. The van der Waals surface area contributed by atoms with Crippen LogP contribution >= 0.6 is 0 Å². The summed E-state index contributed by atoms with van der Waals surface area (Å²) in [4.78, 5) is 0. The van der Waals surface area contributed by atoms with Crippen LogP contribution in [0.5, 0.6) is 0 Å². The van der Waals surface area contributed by atoms with Gasteiger partial charge in [-0.2, -0.15) is 184 Å². The molecule has 4 bridgehead atoms. The van der Waals surface area contributed by atoms with Gasteiger partial charge < -0.3 is 25.2 Å². The van der Waals surface area contributed by atoms with Crippen LogP contribution in [-0.4, -0.2) is 141 Å². The number of alkyl halides is 42. The van der Waals surface area contributed by atoms with E-state index in [9.17, 15) is 184 Å². The molecule has 0 amide bonds. The van der Waals surface area contributed by atoms with Gasteiger partial charge in [-0.05, 0) is 158 Å². The lowest BCUT2D eigenvalue weighted by atomic mass is 9.68. The molecule has 0 radical (unpaired) electrons. The quantitative estimate of drug-likeness (QED) is 0.211. The molecule has 0 aromatic carbocycles. The van der Waals surface area contributed by atoms with Crippen molar-refractivity contribution in [1.29, 1.82) is 0 Å². The van der Waals surface area contributed by atoms with Gasteiger partial charge in [-0.25, -0.2) is 0 Å². The van der Waals surface area contributed by atoms with Gasteiger partial charge in [-0.1, -0.05) is 132 Å². The predicted molar refractivity (Wildman–Crippen MR) is 339 cm³/mol. The highest BCUT2D eigenvalue weighted by atomic mass is 19.5. The SMILES string of the molecule is CC.CC.CC(O)(C(F)(F)F)C(F)(F)F.CC(O)(C(F)(F)F)C(F)(F)F.CC(O)(C(F)(F)F)C(F)(F)F.CC1CC(C(F)(F)F)CC(C(F)(F)F)C1.CC1CCCCC1.CC1CCCCC1.CCC1CC(C(F)(F)F)CC(C(F)(F)F)C1.FC(F)(F)C1(C(F)(F)F)OC2C3CCC(C3)C21.OC(CC1CC2CCC1C2)(C(F)(F)F)C(F)(F)F. The summed E-state index contributed by atoms with van der Waals surface area (Å²) in [6, 6.07) is 0. The molecule has 706 valence electrons. The summed E-state index contributed by atoms with van der Waals surface area (Å²) in [5.74, 6) is -8.62. The third-order valence-corrected chi connectivity index (χ3v) is 22.1. The summed E-state index contributed by atoms with van der Waals surface area (Å²) >= 11 is 0. The fraction of sp³-hybridized carbons (Fsp3) is 1.00. The van der Waals surface area contributed by atoms with E-state index in [0.29, 0.717) is 44.9 Å². The number of hydrogen-bond donors (Lipinski definition) is 4. The lowest BCUT2D eigenvalue weighted by molar-refractivity contribution is -0.470. The molecule has 11 unspecified atom stereocenters. The van der Waals surface area contributed by atoms with Crippen LogP contribution in [0.15, 0.2) is 0 Å². The second-order valence-corrected chi connectivity index (χ2v) is 31.1. The van der Waals surface area contributed by atoms with Crippen molar-refractivity contribution < 1.29 is 210 Å². The Morgan fingerprint density at radius 2 is 0.573 bits per heavy atom. The van der Waals surface area contributed by atoms with Crippen molar-refractivity contribution in [2.75, 3.05) is 0 Å². The van der Waals surface area contributed by atoms with Crippen LogP contribution in [0.2, 0.25) is 0 Å². The zero-order valence-corrected chi connectivity index (χ0v) is 64.9. The van der Waals surface area contributed by atoms with Crippen molar-refractivity contribution in [1.82, 2.24) is 0 Å². The van der Waals surface area contributed by atoms with E-state index in [1.165, 1.54) is 71.1 Å². The number of rotatable bonds is 3. The summed E-state index contributed by atoms with van der Waals surface area (Å²) < 4.78 is 509. The van der Waals surface area contributed by atoms with Crippen LogP contribution in [0.3, 0.4) is 0 Å². The van der Waals surface area contributed by atoms with E-state index in [0.717, 1.165) is 18.3 Å². The highest BCUT2D eigenvalue weighted by molar-refractivity contribution is 5.19. The summed E-state index contributed by atoms with van der Waals surface area (Å²) in [6.45, 7) is 14.8. The van der Waals surface area contributed by atoms with Crippen molar-refractivity contribution in [2.45, 2.75) is 357 Å². The molecule has 47 heteroatoms. The first kappa shape index (κ1) is 116. The first-order valence-corrected chi connectivity index (χ1v) is 37.3. The molecule has 1 aliphatic heterocycles. The maximum absolute atomic E-state index is 12.8. The molecular weight excluding hydrogens is 1720 g/mol. The monoisotopic (exact) mass is 1820 g/mol. The Labute approximate surface area is 648 Å². The van der Waals surface area contributed by atoms with Gasteiger partial charge >= 0.3 is 86.5 Å². The fourth-order valence-electron chi connectivity index (χ4n) is 14.8. The number of halogens is 42. The lowest BCUT2D eigenvalue weighted by Gasteiger charge is -2.56. The minimum Gasteiger partial charge on any atom is -0.374 e. The molecule has 0 aromatic heterocycles. The molecule has 8 saturated carbocycles. The van der Waals surface area contributed by atoms with Gasteiger partial charge in [-0.3, -0.25) is 0 Å². The molecule has 8 aliphatic carbocycles. The largest absolute Gasteiger partial charge is 0.426 e. The van der Waals surface area contributed by atoms with E-state index >= 15 is 0 Å². The smallest absolute Gasteiger partial charge is 0.374 e. The van der Waals surface area contributed by atoms with Gasteiger partial charge in [-0.15, -0.1) is 0 Å². The van der Waals surface area contributed by atoms with E-state index in [1.54, 1.807) is 6.92 Å². The Hall–Kier alpha value is -3.14. The minimum atomic E-state index is -5.69. The first-order valence-electron chi connectivity index (χ1n) is 37.3. The van der Waals surface area contributed by atoms with Crippen molar-refractivity contribution in [3.8, 4) is 0 Å². The van der Waals surface area contributed by atoms with Gasteiger partial charge in [0.15, 0.2) is 0 Å². The average molecular weight is 1820 g/mol. The predicted octanol–water partition coefficient (Wildman–Crippen LogP) is 28.5. The Kier molecular flexibility index (Phi) is 42.3. The highest BCUT2D eigenvalue weighted by Gasteiger charge is 2.86. The van der Waals surface area contributed by atoms with E-state index in [2.05, 4.69) is 18.6 Å². The molecule has 1 saturated heterocycles. The molecular formula is C70H102F42O5. The molecule has 9 aliphatic rings. The zero-order valence-electron chi connectivity index (χ0n) is 64.9. The van der Waals surface area contributed by atoms with E-state index in [-0.39, 0.29) is 64.2 Å². The normalized spacial score (nSPS) is 27.7. The summed E-state index contributed by atoms with van der Waals surface area (Å²) in [7, 11) is 0. The van der Waals surface area contributed by atoms with Gasteiger partial charge in [0.25, 0.3) is 28.0 Å². The van der Waals surface area contributed by atoms with Crippen LogP contribution in [0.4, 0.5) is 184 Å². The summed E-state index contributed by atoms with van der Waals surface area (Å²) in [5, 5.41) is 32.9. The number of aliphatic hydroxyl groups is 4. The van der Waals surface area contributed by atoms with Crippen LogP contribution in [0.25, 0.3) is 0 Å². The van der Waals surface area contributed by atoms with Gasteiger partial charge in [0.2, 0.25) is 0 Å². The Bertz CT molecular complexity index is 2540. The highest BCUT2D eigenvalue weighted by Crippen LogP contribution is 2.69. The molecule has 9 fully saturated rings. The number of fused-ring (bicyclic) bond motifs is 7. The summed E-state index contributed by atoms with van der Waals surface area (Å²) in [5.41, 5.74) is -22.3. The molecule has 11 atom stereocenters. The van der Waals surface area contributed by atoms with Crippen LogP contribution < -0.4 is 0 Å². The molecule has 9 rings (SSSR count). The molecule has 0 aromatic rings. The molecule has 5 nitrogen and oxygen atoms in total. The third-order valence-electron chi connectivity index (χ3n) is 22.1. The number of ether oxygens (including phenoxy) is 1. The maximum Gasteiger partial charge on any atom is 0.426 e. The Balaban J connectivity index is 0. The minimum absolute atomic E-state index is 0.0915. The Morgan fingerprint density at radius 3 is 0.769 bits per heavy atom. The zero-order chi connectivity index (χ0) is 93.5. The average Bonchev–Trinajstić information content (AvgIpc) is 1.55. The maximum atomic E-state index is 12.8. The van der Waals surface area contributed by atoms with E-state index in [1.807, 2.05) is 27.7 Å². The summed E-state index contributed by atoms with van der Waals surface area (Å²) in [6.07, 6.45) is -59.1. The van der Waals surface area contributed by atoms with E-state index < -0.39 is 193 Å². The van der Waals surface area contributed by atoms with Crippen LogP contribution in [-0.2, 0) is 4.74 Å². The molecule has 1 heterocycles. The van der Waals surface area contributed by atoms with Gasteiger partial charge in [0, 0.05) is 5.92 Å². The topological polar surface area (TPSA) is 90.2 Å². The first-order chi connectivity index (χ1) is 51.8. The molecule has 4 N–H and O–H groups in total. The Morgan fingerprint density at radius 1 is 0.299 bits per heavy atom. The van der Waals surface area contributed by atoms with Crippen LogP contribution in [0, 0.1) is 82.9 Å².